The van der Waals surface area contributed by atoms with Gasteiger partial charge in [-0.1, -0.05) is 25.6 Å². The Morgan fingerprint density at radius 3 is 2.91 bits per heavy atom. The number of fused-ring (bicyclic) bond motifs is 1. The molecule has 3 aromatic heterocycles. The summed E-state index contributed by atoms with van der Waals surface area (Å²) in [7, 11) is 0. The van der Waals surface area contributed by atoms with E-state index in [2.05, 4.69) is 29.4 Å². The Bertz CT molecular complexity index is 1100. The number of ether oxygens (including phenoxy) is 1. The third-order valence-electron chi connectivity index (χ3n) is 4.99. The summed E-state index contributed by atoms with van der Waals surface area (Å²) in [4.78, 5) is 26.4. The minimum atomic E-state index is -0.366. The van der Waals surface area contributed by atoms with E-state index in [1.807, 2.05) is 16.7 Å². The molecule has 1 N–H and O–H groups in total. The van der Waals surface area contributed by atoms with Crippen LogP contribution in [0.3, 0.4) is 0 Å². The van der Waals surface area contributed by atoms with Gasteiger partial charge in [0.05, 0.1) is 24.2 Å². The fraction of sp³-hybridized carbons (Fsp3) is 0.455. The molecular formula is C22H26N4O4S2. The summed E-state index contributed by atoms with van der Waals surface area (Å²) < 4.78 is 12.7. The molecule has 3 heterocycles. The van der Waals surface area contributed by atoms with Crippen LogP contribution in [0.25, 0.3) is 11.6 Å². The number of furan rings is 1. The van der Waals surface area contributed by atoms with Crippen LogP contribution in [0.15, 0.2) is 28.0 Å². The molecule has 170 valence electrons. The van der Waals surface area contributed by atoms with Gasteiger partial charge in [0.15, 0.2) is 16.7 Å². The topological polar surface area (TPSA) is 99.2 Å². The molecule has 0 saturated heterocycles. The third-order valence-corrected chi connectivity index (χ3v) is 7.17. The van der Waals surface area contributed by atoms with Crippen LogP contribution in [-0.2, 0) is 28.9 Å². The lowest BCUT2D eigenvalue weighted by Gasteiger charge is -2.11. The van der Waals surface area contributed by atoms with Crippen LogP contribution >= 0.6 is 23.1 Å². The SMILES string of the molecule is CCOC(=O)c1c(NC(=O)CSc2nnc(-c3ccco3)n2CC(C)C)sc2c1CCC2. The van der Waals surface area contributed by atoms with Crippen molar-refractivity contribution < 1.29 is 18.7 Å². The second-order valence-electron chi connectivity index (χ2n) is 7.91. The van der Waals surface area contributed by atoms with E-state index >= 15 is 0 Å². The molecule has 0 aromatic carbocycles. The normalized spacial score (nSPS) is 12.9. The number of amides is 1. The predicted octanol–water partition coefficient (Wildman–Crippen LogP) is 4.65. The summed E-state index contributed by atoms with van der Waals surface area (Å²) in [5.74, 6) is 1.24. The number of aromatic nitrogens is 3. The molecule has 8 nitrogen and oxygen atoms in total. The first-order chi connectivity index (χ1) is 15.5. The smallest absolute Gasteiger partial charge is 0.341 e. The largest absolute Gasteiger partial charge is 0.462 e. The number of thioether (sulfide) groups is 1. The van der Waals surface area contributed by atoms with E-state index in [-0.39, 0.29) is 17.6 Å². The molecule has 0 atom stereocenters. The second-order valence-corrected chi connectivity index (χ2v) is 9.95. The summed E-state index contributed by atoms with van der Waals surface area (Å²) in [5.41, 5.74) is 1.54. The lowest BCUT2D eigenvalue weighted by Crippen LogP contribution is -2.17. The van der Waals surface area contributed by atoms with Gasteiger partial charge >= 0.3 is 5.97 Å². The molecular weight excluding hydrogens is 448 g/mol. The van der Waals surface area contributed by atoms with Gasteiger partial charge in [-0.25, -0.2) is 4.79 Å². The summed E-state index contributed by atoms with van der Waals surface area (Å²) in [6, 6.07) is 3.65. The van der Waals surface area contributed by atoms with Crippen molar-refractivity contribution in [1.82, 2.24) is 14.8 Å². The van der Waals surface area contributed by atoms with E-state index < -0.39 is 0 Å². The van der Waals surface area contributed by atoms with Crippen molar-refractivity contribution in [3.63, 3.8) is 0 Å². The van der Waals surface area contributed by atoms with Crippen molar-refractivity contribution in [2.45, 2.75) is 51.7 Å². The zero-order valence-electron chi connectivity index (χ0n) is 18.3. The van der Waals surface area contributed by atoms with Crippen LogP contribution in [0.2, 0.25) is 0 Å². The van der Waals surface area contributed by atoms with Crippen LogP contribution in [0.1, 0.15) is 48.0 Å². The summed E-state index contributed by atoms with van der Waals surface area (Å²) >= 11 is 2.79. The number of carbonyl (C=O) groups excluding carboxylic acids is 2. The van der Waals surface area contributed by atoms with E-state index in [1.54, 1.807) is 13.2 Å². The average Bonchev–Trinajstić information content (AvgIpc) is 3.50. The highest BCUT2D eigenvalue weighted by molar-refractivity contribution is 7.99. The number of carbonyl (C=O) groups is 2. The first-order valence-corrected chi connectivity index (χ1v) is 12.5. The van der Waals surface area contributed by atoms with Gasteiger partial charge in [-0.15, -0.1) is 21.5 Å². The van der Waals surface area contributed by atoms with E-state index in [1.165, 1.54) is 23.1 Å². The van der Waals surface area contributed by atoms with Gasteiger partial charge in [0.1, 0.15) is 5.00 Å². The molecule has 0 unspecified atom stereocenters. The molecule has 1 amide bonds. The van der Waals surface area contributed by atoms with Crippen LogP contribution in [0.5, 0.6) is 0 Å². The first kappa shape index (κ1) is 22.6. The lowest BCUT2D eigenvalue weighted by atomic mass is 10.1. The van der Waals surface area contributed by atoms with Gasteiger partial charge in [0.25, 0.3) is 0 Å². The minimum absolute atomic E-state index is 0.152. The maximum Gasteiger partial charge on any atom is 0.341 e. The van der Waals surface area contributed by atoms with Gasteiger partial charge < -0.3 is 14.5 Å². The fourth-order valence-electron chi connectivity index (χ4n) is 3.72. The van der Waals surface area contributed by atoms with Crippen molar-refractivity contribution in [2.75, 3.05) is 17.7 Å². The first-order valence-electron chi connectivity index (χ1n) is 10.7. The summed E-state index contributed by atoms with van der Waals surface area (Å²) in [5, 5.41) is 12.7. The molecule has 1 aliphatic rings. The molecule has 0 bridgehead atoms. The van der Waals surface area contributed by atoms with Crippen LogP contribution in [0, 0.1) is 5.92 Å². The maximum atomic E-state index is 12.8. The molecule has 10 heteroatoms. The van der Waals surface area contributed by atoms with Gasteiger partial charge in [-0.3, -0.25) is 9.36 Å². The van der Waals surface area contributed by atoms with Gasteiger partial charge in [-0.2, -0.15) is 0 Å². The number of anilines is 1. The molecule has 1 aliphatic carbocycles. The van der Waals surface area contributed by atoms with Crippen molar-refractivity contribution in [1.29, 1.82) is 0 Å². The Morgan fingerprint density at radius 2 is 2.19 bits per heavy atom. The number of nitrogens with one attached hydrogen (secondary N) is 1. The standard InChI is InChI=1S/C22H26N4O4S2/c1-4-29-21(28)18-14-7-5-9-16(14)32-20(18)23-17(27)12-31-22-25-24-19(15-8-6-10-30-15)26(22)11-13(2)3/h6,8,10,13H,4-5,7,9,11-12H2,1-3H3,(H,23,27). The highest BCUT2D eigenvalue weighted by Gasteiger charge is 2.28. The van der Waals surface area contributed by atoms with Crippen molar-refractivity contribution in [2.24, 2.45) is 5.92 Å². The van der Waals surface area contributed by atoms with Gasteiger partial charge in [0.2, 0.25) is 5.91 Å². The Hall–Kier alpha value is -2.59. The van der Waals surface area contributed by atoms with Crippen LogP contribution in [0.4, 0.5) is 5.00 Å². The quantitative estimate of drug-likeness (QED) is 0.356. The monoisotopic (exact) mass is 474 g/mol. The molecule has 0 radical (unpaired) electrons. The van der Waals surface area contributed by atoms with Crippen LogP contribution in [-0.4, -0.2) is 39.0 Å². The average molecular weight is 475 g/mol. The number of aryl methyl sites for hydroxylation is 1. The Balaban J connectivity index is 1.48. The Morgan fingerprint density at radius 1 is 1.34 bits per heavy atom. The molecule has 0 aliphatic heterocycles. The molecule has 0 saturated carbocycles. The third kappa shape index (κ3) is 4.75. The van der Waals surface area contributed by atoms with E-state index in [0.29, 0.717) is 46.4 Å². The molecule has 4 rings (SSSR count). The number of hydrogen-bond acceptors (Lipinski definition) is 8. The highest BCUT2D eigenvalue weighted by atomic mass is 32.2. The maximum absolute atomic E-state index is 12.8. The van der Waals surface area contributed by atoms with Gasteiger partial charge in [-0.05, 0) is 49.8 Å². The fourth-order valence-corrected chi connectivity index (χ4v) is 5.76. The van der Waals surface area contributed by atoms with Crippen LogP contribution < -0.4 is 5.32 Å². The molecule has 0 fully saturated rings. The van der Waals surface area contributed by atoms with E-state index in [4.69, 9.17) is 9.15 Å². The zero-order valence-corrected chi connectivity index (χ0v) is 20.0. The molecule has 32 heavy (non-hydrogen) atoms. The summed E-state index contributed by atoms with van der Waals surface area (Å²) in [6.07, 6.45) is 4.41. The Labute approximate surface area is 194 Å². The summed E-state index contributed by atoms with van der Waals surface area (Å²) in [6.45, 7) is 7.01. The number of thiophene rings is 1. The Kier molecular flexibility index (Phi) is 7.00. The number of esters is 1. The highest BCUT2D eigenvalue weighted by Crippen LogP contribution is 2.39. The number of nitrogens with zero attached hydrogens (tertiary/aromatic N) is 3. The van der Waals surface area contributed by atoms with E-state index in [9.17, 15) is 9.59 Å². The van der Waals surface area contributed by atoms with Gasteiger partial charge in [0, 0.05) is 11.4 Å². The van der Waals surface area contributed by atoms with Crippen molar-refractivity contribution >= 4 is 40.0 Å². The van der Waals surface area contributed by atoms with Crippen molar-refractivity contribution in [3.8, 4) is 11.6 Å². The second kappa shape index (κ2) is 9.91. The van der Waals surface area contributed by atoms with Crippen molar-refractivity contribution in [3.05, 3.63) is 34.4 Å². The van der Waals surface area contributed by atoms with E-state index in [0.717, 1.165) is 29.7 Å². The predicted molar refractivity (Wildman–Crippen MR) is 124 cm³/mol. The number of hydrogen-bond donors (Lipinski definition) is 1. The molecule has 3 aromatic rings. The lowest BCUT2D eigenvalue weighted by molar-refractivity contribution is -0.113. The molecule has 0 spiro atoms. The zero-order chi connectivity index (χ0) is 22.7. The minimum Gasteiger partial charge on any atom is -0.462 e. The number of rotatable bonds is 9.